The number of hydrogen-bond donors (Lipinski definition) is 1. The van der Waals surface area contributed by atoms with E-state index >= 15 is 0 Å². The van der Waals surface area contributed by atoms with Gasteiger partial charge in [0.1, 0.15) is 11.6 Å². The molecule has 1 aliphatic rings. The maximum atomic E-state index is 13.9. The number of para-hydroxylation sites is 1. The minimum absolute atomic E-state index is 0.273. The third-order valence-corrected chi connectivity index (χ3v) is 8.42. The molecule has 5 rings (SSSR count). The highest BCUT2D eigenvalue weighted by atomic mass is 16.6. The van der Waals surface area contributed by atoms with Crippen LogP contribution in [0, 0.1) is 27.7 Å². The zero-order valence-corrected chi connectivity index (χ0v) is 29.0. The molecule has 1 fully saturated rings. The van der Waals surface area contributed by atoms with Crippen molar-refractivity contribution in [3.8, 4) is 23.0 Å². The first-order valence-corrected chi connectivity index (χ1v) is 16.2. The lowest BCUT2D eigenvalue weighted by Crippen LogP contribution is -2.44. The summed E-state index contributed by atoms with van der Waals surface area (Å²) >= 11 is 0. The number of aryl methyl sites for hydroxylation is 4. The molecule has 0 spiro atoms. The lowest BCUT2D eigenvalue weighted by molar-refractivity contribution is 0.145. The van der Waals surface area contributed by atoms with E-state index < -0.39 is 6.09 Å². The summed E-state index contributed by atoms with van der Waals surface area (Å²) in [5.41, 5.74) is 4.99. The fraction of sp³-hybridized carbons (Fsp3) is 0.378. The number of methoxy groups -OCH3 is 2. The number of likely N-dealkylation sites (N-methyl/N-ethyl adjacent to an activating group) is 1. The summed E-state index contributed by atoms with van der Waals surface area (Å²) in [6, 6.07) is 17.0. The number of benzene rings is 3. The minimum atomic E-state index is -0.581. The molecule has 0 bridgehead atoms. The molecule has 11 heteroatoms. The number of amides is 1. The van der Waals surface area contributed by atoms with Crippen molar-refractivity contribution in [2.24, 2.45) is 0 Å². The van der Waals surface area contributed by atoms with E-state index in [9.17, 15) is 4.79 Å². The minimum Gasteiger partial charge on any atom is -0.493 e. The van der Waals surface area contributed by atoms with Gasteiger partial charge in [0.15, 0.2) is 11.5 Å². The fourth-order valence-corrected chi connectivity index (χ4v) is 5.78. The molecule has 1 N–H and O–H groups in total. The van der Waals surface area contributed by atoms with Crippen molar-refractivity contribution >= 4 is 29.2 Å². The van der Waals surface area contributed by atoms with Gasteiger partial charge in [-0.3, -0.25) is 0 Å². The maximum absolute atomic E-state index is 13.9. The highest BCUT2D eigenvalue weighted by Crippen LogP contribution is 2.41. The van der Waals surface area contributed by atoms with Crippen LogP contribution >= 0.6 is 0 Å². The van der Waals surface area contributed by atoms with Crippen LogP contribution in [0.4, 0.5) is 27.9 Å². The molecule has 4 aromatic rings. The van der Waals surface area contributed by atoms with E-state index in [1.54, 1.807) is 32.5 Å². The number of carbonyl (C=O) groups is 1. The van der Waals surface area contributed by atoms with Gasteiger partial charge in [-0.15, -0.1) is 0 Å². The normalized spacial score (nSPS) is 13.6. The second-order valence-corrected chi connectivity index (χ2v) is 12.1. The summed E-state index contributed by atoms with van der Waals surface area (Å²) in [5.74, 6) is 2.69. The summed E-state index contributed by atoms with van der Waals surface area (Å²) < 4.78 is 23.5. The van der Waals surface area contributed by atoms with Crippen molar-refractivity contribution in [1.29, 1.82) is 0 Å². The van der Waals surface area contributed by atoms with Crippen LogP contribution in [0.5, 0.6) is 23.0 Å². The monoisotopic (exact) mass is 654 g/mol. The van der Waals surface area contributed by atoms with E-state index in [1.165, 1.54) is 4.90 Å². The molecule has 2 heterocycles. The van der Waals surface area contributed by atoms with Crippen LogP contribution in [0.15, 0.2) is 60.8 Å². The van der Waals surface area contributed by atoms with Crippen LogP contribution in [-0.2, 0) is 0 Å². The van der Waals surface area contributed by atoms with Crippen LogP contribution in [0.25, 0.3) is 0 Å². The Bertz CT molecular complexity index is 1700. The largest absolute Gasteiger partial charge is 0.493 e. The molecule has 48 heavy (non-hydrogen) atoms. The van der Waals surface area contributed by atoms with Crippen molar-refractivity contribution in [3.63, 3.8) is 0 Å². The molecule has 1 saturated heterocycles. The van der Waals surface area contributed by atoms with Crippen LogP contribution in [0.3, 0.4) is 0 Å². The number of nitrogens with one attached hydrogen (secondary N) is 1. The average molecular weight is 655 g/mol. The molecule has 0 atom stereocenters. The number of aromatic nitrogens is 2. The Kier molecular flexibility index (Phi) is 11.4. The summed E-state index contributed by atoms with van der Waals surface area (Å²) in [6.45, 7) is 13.6. The van der Waals surface area contributed by atoms with Crippen molar-refractivity contribution in [2.75, 3.05) is 70.8 Å². The Labute approximate surface area is 283 Å². The molecule has 0 unspecified atom stereocenters. The van der Waals surface area contributed by atoms with Gasteiger partial charge in [-0.05, 0) is 63.9 Å². The molecule has 0 radical (unpaired) electrons. The van der Waals surface area contributed by atoms with E-state index in [-0.39, 0.29) is 5.95 Å². The van der Waals surface area contributed by atoms with Gasteiger partial charge in [0.05, 0.1) is 26.5 Å². The third kappa shape index (κ3) is 8.34. The summed E-state index contributed by atoms with van der Waals surface area (Å²) in [6.07, 6.45) is 1.90. The average Bonchev–Trinajstić information content (AvgIpc) is 3.06. The first-order valence-electron chi connectivity index (χ1n) is 16.2. The zero-order chi connectivity index (χ0) is 34.2. The summed E-state index contributed by atoms with van der Waals surface area (Å²) in [7, 11) is 5.33. The quantitative estimate of drug-likeness (QED) is 0.164. The van der Waals surface area contributed by atoms with Gasteiger partial charge < -0.3 is 34.1 Å². The van der Waals surface area contributed by atoms with Crippen LogP contribution < -0.4 is 29.2 Å². The van der Waals surface area contributed by atoms with E-state index in [2.05, 4.69) is 27.1 Å². The Balaban J connectivity index is 1.39. The third-order valence-electron chi connectivity index (χ3n) is 8.42. The van der Waals surface area contributed by atoms with E-state index in [0.717, 1.165) is 61.4 Å². The molecule has 254 valence electrons. The zero-order valence-electron chi connectivity index (χ0n) is 29.0. The highest BCUT2D eigenvalue weighted by Gasteiger charge is 2.25. The SMILES string of the molecule is COc1cc(Nc2nccc(N(C(=O)Oc3c(C)cccc3C)c3ccc(C)cc3C)n2)cc(OCCCN2CCN(C)CC2)c1OC. The number of piperazine rings is 1. The van der Waals surface area contributed by atoms with Crippen molar-refractivity contribution < 1.29 is 23.7 Å². The molecular weight excluding hydrogens is 608 g/mol. The predicted molar refractivity (Wildman–Crippen MR) is 189 cm³/mol. The van der Waals surface area contributed by atoms with E-state index in [4.69, 9.17) is 23.9 Å². The number of carbonyl (C=O) groups excluding carboxylic acids is 1. The standard InChI is InChI=1S/C37H46N6O5/c1-25-12-13-30(28(4)22-25)43(37(44)48-34-26(2)10-8-11-27(34)3)33-14-15-38-36(40-33)39-29-23-31(45-6)35(46-7)32(24-29)47-21-9-16-42-19-17-41(5)18-20-42/h8,10-15,22-24H,9,16-21H2,1-7H3,(H,38,39,40). The molecule has 1 aliphatic heterocycles. The Morgan fingerprint density at radius 3 is 2.29 bits per heavy atom. The van der Waals surface area contributed by atoms with E-state index in [1.807, 2.05) is 70.2 Å². The van der Waals surface area contributed by atoms with Gasteiger partial charge in [0, 0.05) is 62.8 Å². The van der Waals surface area contributed by atoms with Crippen LogP contribution in [0.2, 0.25) is 0 Å². The Morgan fingerprint density at radius 2 is 1.60 bits per heavy atom. The molecule has 1 aromatic heterocycles. The van der Waals surface area contributed by atoms with Gasteiger partial charge in [0.2, 0.25) is 11.7 Å². The van der Waals surface area contributed by atoms with Gasteiger partial charge in [-0.1, -0.05) is 35.9 Å². The first kappa shape index (κ1) is 34.5. The van der Waals surface area contributed by atoms with Crippen LogP contribution in [0.1, 0.15) is 28.7 Å². The predicted octanol–water partition coefficient (Wildman–Crippen LogP) is 6.82. The van der Waals surface area contributed by atoms with E-state index in [0.29, 0.717) is 46.8 Å². The lowest BCUT2D eigenvalue weighted by Gasteiger charge is -2.32. The highest BCUT2D eigenvalue weighted by molar-refractivity contribution is 5.97. The van der Waals surface area contributed by atoms with Crippen molar-refractivity contribution in [2.45, 2.75) is 34.1 Å². The first-order chi connectivity index (χ1) is 23.2. The number of ether oxygens (including phenoxy) is 4. The molecule has 0 aliphatic carbocycles. The van der Waals surface area contributed by atoms with Gasteiger partial charge in [0.25, 0.3) is 0 Å². The van der Waals surface area contributed by atoms with Gasteiger partial charge in [-0.2, -0.15) is 4.98 Å². The lowest BCUT2D eigenvalue weighted by atomic mass is 10.1. The van der Waals surface area contributed by atoms with Crippen molar-refractivity contribution in [1.82, 2.24) is 19.8 Å². The number of nitrogens with zero attached hydrogens (tertiary/aromatic N) is 5. The van der Waals surface area contributed by atoms with Crippen molar-refractivity contribution in [3.05, 3.63) is 83.0 Å². The molecule has 3 aromatic carbocycles. The molecular formula is C37H46N6O5. The topological polar surface area (TPSA) is 102 Å². The molecule has 11 nitrogen and oxygen atoms in total. The fourth-order valence-electron chi connectivity index (χ4n) is 5.78. The number of anilines is 4. The number of rotatable bonds is 12. The Hall–Kier alpha value is -4.87. The van der Waals surface area contributed by atoms with Gasteiger partial charge >= 0.3 is 6.09 Å². The second-order valence-electron chi connectivity index (χ2n) is 12.1. The summed E-state index contributed by atoms with van der Waals surface area (Å²) in [5, 5.41) is 3.26. The number of hydrogen-bond acceptors (Lipinski definition) is 10. The Morgan fingerprint density at radius 1 is 0.875 bits per heavy atom. The van der Waals surface area contributed by atoms with Crippen LogP contribution in [-0.4, -0.2) is 86.5 Å². The summed E-state index contributed by atoms with van der Waals surface area (Å²) in [4.78, 5) is 29.4. The smallest absolute Gasteiger partial charge is 0.425 e. The second kappa shape index (κ2) is 15.8. The molecule has 1 amide bonds. The molecule has 0 saturated carbocycles. The maximum Gasteiger partial charge on any atom is 0.425 e. The van der Waals surface area contributed by atoms with Gasteiger partial charge in [-0.25, -0.2) is 14.7 Å².